The summed E-state index contributed by atoms with van der Waals surface area (Å²) in [5.41, 5.74) is -0.248. The van der Waals surface area contributed by atoms with Crippen LogP contribution in [0.4, 0.5) is 0 Å². The van der Waals surface area contributed by atoms with Gasteiger partial charge in [-0.05, 0) is 30.4 Å². The third-order valence-corrected chi connectivity index (χ3v) is 7.06. The number of carbonyl (C=O) groups is 1. The van der Waals surface area contributed by atoms with Gasteiger partial charge in [0.15, 0.2) is 0 Å². The summed E-state index contributed by atoms with van der Waals surface area (Å²) in [4.78, 5) is 23.0. The van der Waals surface area contributed by atoms with E-state index in [0.717, 1.165) is 0 Å². The Hall–Kier alpha value is -2.04. The first-order valence-corrected chi connectivity index (χ1v) is 9.69. The maximum atomic E-state index is 12.4. The normalized spacial score (nSPS) is 16.8. The van der Waals surface area contributed by atoms with Crippen LogP contribution >= 0.6 is 11.3 Å². The van der Waals surface area contributed by atoms with E-state index >= 15 is 0 Å². The van der Waals surface area contributed by atoms with Gasteiger partial charge >= 0.3 is 0 Å². The number of aromatic nitrogens is 2. The molecule has 1 saturated heterocycles. The van der Waals surface area contributed by atoms with Gasteiger partial charge in [0.2, 0.25) is 0 Å². The van der Waals surface area contributed by atoms with Crippen LogP contribution in [0.2, 0.25) is 0 Å². The number of nitrogens with one attached hydrogen (secondary N) is 2. The molecule has 3 heterocycles. The Labute approximate surface area is 142 Å². The Bertz CT molecular complexity index is 848. The van der Waals surface area contributed by atoms with E-state index in [4.69, 9.17) is 0 Å². The number of aromatic amines is 1. The molecule has 0 aliphatic carbocycles. The largest absolute Gasteiger partial charge is 0.348 e. The molecule has 1 amide bonds. The van der Waals surface area contributed by atoms with Crippen molar-refractivity contribution < 1.29 is 13.2 Å². The van der Waals surface area contributed by atoms with Crippen LogP contribution in [0.1, 0.15) is 23.3 Å². The first-order chi connectivity index (χ1) is 11.5. The summed E-state index contributed by atoms with van der Waals surface area (Å²) < 4.78 is 26.7. The van der Waals surface area contributed by atoms with Crippen molar-refractivity contribution in [1.82, 2.24) is 19.8 Å². The smallest absolute Gasteiger partial charge is 0.271 e. The number of rotatable bonds is 4. The second-order valence-corrected chi connectivity index (χ2v) is 8.50. The average molecular weight is 368 g/mol. The summed E-state index contributed by atoms with van der Waals surface area (Å²) in [7, 11) is -3.44. The summed E-state index contributed by atoms with van der Waals surface area (Å²) in [6.07, 6.45) is 1.05. The highest BCUT2D eigenvalue weighted by Gasteiger charge is 2.30. The zero-order chi connectivity index (χ0) is 17.2. The fourth-order valence-electron chi connectivity index (χ4n) is 2.51. The SMILES string of the molecule is O=C(NC1CCN(S(=O)(=O)c2cccs2)CC1)c1ccc(=O)[nH]n1. The van der Waals surface area contributed by atoms with Gasteiger partial charge in [-0.15, -0.1) is 11.3 Å². The molecule has 2 aromatic heterocycles. The monoisotopic (exact) mass is 368 g/mol. The molecule has 1 aliphatic rings. The highest BCUT2D eigenvalue weighted by atomic mass is 32.2. The summed E-state index contributed by atoms with van der Waals surface area (Å²) in [5, 5.41) is 10.4. The first kappa shape index (κ1) is 16.8. The molecular formula is C14H16N4O4S2. The van der Waals surface area contributed by atoms with Gasteiger partial charge in [0.1, 0.15) is 9.90 Å². The van der Waals surface area contributed by atoms with Crippen molar-refractivity contribution in [2.24, 2.45) is 0 Å². The molecule has 1 aliphatic heterocycles. The number of H-pyrrole nitrogens is 1. The van der Waals surface area contributed by atoms with Gasteiger partial charge in [-0.1, -0.05) is 6.07 Å². The number of nitrogens with zero attached hydrogens (tertiary/aromatic N) is 2. The van der Waals surface area contributed by atoms with Crippen LogP contribution in [0.3, 0.4) is 0 Å². The molecule has 8 nitrogen and oxygen atoms in total. The van der Waals surface area contributed by atoms with E-state index in [2.05, 4.69) is 15.5 Å². The minimum atomic E-state index is -3.44. The molecule has 0 unspecified atom stereocenters. The van der Waals surface area contributed by atoms with E-state index in [-0.39, 0.29) is 23.2 Å². The molecule has 0 atom stereocenters. The molecule has 2 aromatic rings. The summed E-state index contributed by atoms with van der Waals surface area (Å²) in [6, 6.07) is 5.76. The summed E-state index contributed by atoms with van der Waals surface area (Å²) >= 11 is 1.20. The van der Waals surface area contributed by atoms with Gasteiger partial charge < -0.3 is 5.32 Å². The number of hydrogen-bond donors (Lipinski definition) is 2. The predicted molar refractivity (Wildman–Crippen MR) is 88.4 cm³/mol. The lowest BCUT2D eigenvalue weighted by molar-refractivity contribution is 0.0917. The lowest BCUT2D eigenvalue weighted by Gasteiger charge is -2.31. The standard InChI is InChI=1S/C14H16N4O4S2/c19-12-4-3-11(16-17-12)14(20)15-10-5-7-18(8-6-10)24(21,22)13-2-1-9-23-13/h1-4,9-10H,5-8H2,(H,15,20)(H,17,19). The Kier molecular flexibility index (Phi) is 4.78. The molecule has 2 N–H and O–H groups in total. The van der Waals surface area contributed by atoms with Crippen molar-refractivity contribution in [3.63, 3.8) is 0 Å². The van der Waals surface area contributed by atoms with Gasteiger partial charge in [0.25, 0.3) is 21.5 Å². The van der Waals surface area contributed by atoms with E-state index in [9.17, 15) is 18.0 Å². The summed E-state index contributed by atoms with van der Waals surface area (Å²) in [6.45, 7) is 0.703. The van der Waals surface area contributed by atoms with Crippen LogP contribution in [0, 0.1) is 0 Å². The topological polar surface area (TPSA) is 112 Å². The average Bonchev–Trinajstić information content (AvgIpc) is 3.11. The predicted octanol–water partition coefficient (Wildman–Crippen LogP) is 0.415. The molecule has 0 aromatic carbocycles. The molecule has 10 heteroatoms. The van der Waals surface area contributed by atoms with Crippen molar-refractivity contribution in [2.75, 3.05) is 13.1 Å². The maximum Gasteiger partial charge on any atom is 0.271 e. The fourth-order valence-corrected chi connectivity index (χ4v) is 5.12. The molecule has 128 valence electrons. The van der Waals surface area contributed by atoms with E-state index in [0.29, 0.717) is 30.1 Å². The van der Waals surface area contributed by atoms with Gasteiger partial charge in [-0.25, -0.2) is 13.5 Å². The number of carbonyl (C=O) groups excluding carboxylic acids is 1. The number of thiophene rings is 1. The first-order valence-electron chi connectivity index (χ1n) is 7.37. The van der Waals surface area contributed by atoms with E-state index in [1.807, 2.05) is 0 Å². The zero-order valence-corrected chi connectivity index (χ0v) is 14.3. The van der Waals surface area contributed by atoms with Gasteiger partial charge in [-0.2, -0.15) is 9.40 Å². The number of hydrogen-bond acceptors (Lipinski definition) is 6. The Morgan fingerprint density at radius 1 is 1.29 bits per heavy atom. The molecule has 24 heavy (non-hydrogen) atoms. The van der Waals surface area contributed by atoms with Crippen LogP contribution in [0.25, 0.3) is 0 Å². The fraction of sp³-hybridized carbons (Fsp3) is 0.357. The second-order valence-electron chi connectivity index (χ2n) is 5.39. The minimum absolute atomic E-state index is 0.124. The zero-order valence-electron chi connectivity index (χ0n) is 12.6. The van der Waals surface area contributed by atoms with Crippen molar-refractivity contribution in [3.05, 3.63) is 45.7 Å². The molecule has 0 saturated carbocycles. The van der Waals surface area contributed by atoms with Gasteiger partial charge in [0, 0.05) is 25.2 Å². The van der Waals surface area contributed by atoms with Crippen molar-refractivity contribution in [1.29, 1.82) is 0 Å². The van der Waals surface area contributed by atoms with Crippen molar-refractivity contribution in [3.8, 4) is 0 Å². The lowest BCUT2D eigenvalue weighted by Crippen LogP contribution is -2.46. The van der Waals surface area contributed by atoms with Crippen molar-refractivity contribution >= 4 is 27.3 Å². The van der Waals surface area contributed by atoms with Gasteiger partial charge in [-0.3, -0.25) is 9.59 Å². The minimum Gasteiger partial charge on any atom is -0.348 e. The lowest BCUT2D eigenvalue weighted by atomic mass is 10.1. The quantitative estimate of drug-likeness (QED) is 0.812. The van der Waals surface area contributed by atoms with Crippen molar-refractivity contribution in [2.45, 2.75) is 23.1 Å². The van der Waals surface area contributed by atoms with Crippen LogP contribution in [0.5, 0.6) is 0 Å². The molecule has 1 fully saturated rings. The molecule has 3 rings (SSSR count). The number of sulfonamides is 1. The summed E-state index contributed by atoms with van der Waals surface area (Å²) in [5.74, 6) is -0.384. The van der Waals surface area contributed by atoms with Crippen LogP contribution < -0.4 is 10.9 Å². The van der Waals surface area contributed by atoms with Crippen LogP contribution in [0.15, 0.2) is 38.6 Å². The Morgan fingerprint density at radius 3 is 2.62 bits per heavy atom. The molecule has 0 bridgehead atoms. The Balaban J connectivity index is 1.58. The van der Waals surface area contributed by atoms with E-state index in [1.165, 1.54) is 27.8 Å². The van der Waals surface area contributed by atoms with E-state index in [1.54, 1.807) is 17.5 Å². The maximum absolute atomic E-state index is 12.4. The molecule has 0 spiro atoms. The number of amides is 1. The molecule has 0 radical (unpaired) electrons. The third kappa shape index (κ3) is 3.55. The van der Waals surface area contributed by atoms with E-state index < -0.39 is 10.0 Å². The van der Waals surface area contributed by atoms with Gasteiger partial charge in [0.05, 0.1) is 0 Å². The Morgan fingerprint density at radius 2 is 2.04 bits per heavy atom. The highest BCUT2D eigenvalue weighted by Crippen LogP contribution is 2.24. The second kappa shape index (κ2) is 6.83. The highest BCUT2D eigenvalue weighted by molar-refractivity contribution is 7.91. The van der Waals surface area contributed by atoms with Crippen LogP contribution in [-0.4, -0.2) is 48.0 Å². The third-order valence-electron chi connectivity index (χ3n) is 3.79. The number of piperidine rings is 1. The van der Waals surface area contributed by atoms with Crippen LogP contribution in [-0.2, 0) is 10.0 Å². The molecular weight excluding hydrogens is 352 g/mol.